The minimum absolute atomic E-state index is 0.0206. The van der Waals surface area contributed by atoms with E-state index in [-0.39, 0.29) is 4.92 Å². The zero-order valence-electron chi connectivity index (χ0n) is 9.58. The Hall–Kier alpha value is -0.860. The Morgan fingerprint density at radius 1 is 1.33 bits per heavy atom. The molecule has 0 radical (unpaired) electrons. The summed E-state index contributed by atoms with van der Waals surface area (Å²) < 4.78 is 0. The topological polar surface area (TPSA) is 43.1 Å². The lowest BCUT2D eigenvalue weighted by Crippen LogP contribution is -2.49. The predicted molar refractivity (Wildman–Crippen MR) is 59.3 cm³/mol. The first-order chi connectivity index (χ1) is 7.06. The van der Waals surface area contributed by atoms with Gasteiger partial charge in [0.1, 0.15) is 0 Å². The molecule has 0 aliphatic heterocycles. The normalized spacial score (nSPS) is 36.3. The lowest BCUT2D eigenvalue weighted by molar-refractivity contribution is -0.586. The quantitative estimate of drug-likeness (QED) is 0.377. The monoisotopic (exact) mass is 209 g/mol. The number of hydrogen-bond acceptors (Lipinski definition) is 2. The van der Waals surface area contributed by atoms with Gasteiger partial charge in [-0.2, -0.15) is 0 Å². The summed E-state index contributed by atoms with van der Waals surface area (Å²) in [5.41, 5.74) is 2.03. The molecule has 1 saturated carbocycles. The molecule has 0 spiro atoms. The highest BCUT2D eigenvalue weighted by Gasteiger charge is 2.53. The molecular formula is C12H19NO2. The van der Waals surface area contributed by atoms with Crippen LogP contribution in [0.15, 0.2) is 11.1 Å². The van der Waals surface area contributed by atoms with Crippen molar-refractivity contribution >= 4 is 0 Å². The molecule has 0 amide bonds. The second-order valence-electron chi connectivity index (χ2n) is 5.24. The van der Waals surface area contributed by atoms with E-state index in [1.54, 1.807) is 0 Å². The summed E-state index contributed by atoms with van der Waals surface area (Å²) in [5.74, 6) is 0.296. The molecule has 0 saturated heterocycles. The van der Waals surface area contributed by atoms with Crippen molar-refractivity contribution < 1.29 is 4.92 Å². The van der Waals surface area contributed by atoms with Crippen LogP contribution >= 0.6 is 0 Å². The summed E-state index contributed by atoms with van der Waals surface area (Å²) in [7, 11) is 0. The molecule has 2 aliphatic rings. The lowest BCUT2D eigenvalue weighted by Gasteiger charge is -2.40. The molecular weight excluding hydrogens is 190 g/mol. The maximum atomic E-state index is 11.3. The highest BCUT2D eigenvalue weighted by Crippen LogP contribution is 2.47. The molecule has 15 heavy (non-hydrogen) atoms. The van der Waals surface area contributed by atoms with Crippen LogP contribution in [0.2, 0.25) is 0 Å². The van der Waals surface area contributed by atoms with Crippen molar-refractivity contribution in [2.45, 2.75) is 57.9 Å². The molecule has 0 bridgehead atoms. The number of hydrogen-bond donors (Lipinski definition) is 0. The van der Waals surface area contributed by atoms with Gasteiger partial charge in [0.25, 0.3) is 0 Å². The van der Waals surface area contributed by atoms with E-state index < -0.39 is 5.54 Å². The van der Waals surface area contributed by atoms with Crippen LogP contribution in [0.4, 0.5) is 0 Å². The van der Waals surface area contributed by atoms with Crippen molar-refractivity contribution in [3.8, 4) is 0 Å². The smallest absolute Gasteiger partial charge is 0.229 e. The Balaban J connectivity index is 2.35. The molecule has 84 valence electrons. The Labute approximate surface area is 90.7 Å². The van der Waals surface area contributed by atoms with E-state index >= 15 is 0 Å². The minimum atomic E-state index is -0.609. The highest BCUT2D eigenvalue weighted by atomic mass is 16.6. The van der Waals surface area contributed by atoms with E-state index in [1.165, 1.54) is 17.6 Å². The third-order valence-electron chi connectivity index (χ3n) is 4.39. The number of fused-ring (bicyclic) bond motifs is 1. The van der Waals surface area contributed by atoms with Gasteiger partial charge < -0.3 is 0 Å². The van der Waals surface area contributed by atoms with Crippen LogP contribution in [0.5, 0.6) is 0 Å². The third kappa shape index (κ3) is 1.58. The van der Waals surface area contributed by atoms with Crippen molar-refractivity contribution in [2.75, 3.05) is 0 Å². The fraction of sp³-hybridized carbons (Fsp3) is 0.833. The molecule has 0 aromatic rings. The van der Waals surface area contributed by atoms with Gasteiger partial charge in [-0.3, -0.25) is 10.1 Å². The number of allylic oxidation sites excluding steroid dienone is 1. The zero-order chi connectivity index (χ0) is 11.1. The van der Waals surface area contributed by atoms with Crippen molar-refractivity contribution in [2.24, 2.45) is 5.92 Å². The summed E-state index contributed by atoms with van der Waals surface area (Å²) in [6.07, 6.45) is 5.68. The first kappa shape index (κ1) is 10.7. The molecule has 1 fully saturated rings. The average Bonchev–Trinajstić information content (AvgIpc) is 2.19. The van der Waals surface area contributed by atoms with Gasteiger partial charge in [0.05, 0.1) is 0 Å². The van der Waals surface area contributed by atoms with Crippen LogP contribution in [0, 0.1) is 16.0 Å². The van der Waals surface area contributed by atoms with Crippen LogP contribution < -0.4 is 0 Å². The Kier molecular flexibility index (Phi) is 2.57. The van der Waals surface area contributed by atoms with Gasteiger partial charge >= 0.3 is 0 Å². The van der Waals surface area contributed by atoms with Crippen LogP contribution in [-0.2, 0) is 0 Å². The van der Waals surface area contributed by atoms with Crippen molar-refractivity contribution in [1.82, 2.24) is 0 Å². The molecule has 0 unspecified atom stereocenters. The number of nitrogens with zero attached hydrogens (tertiary/aromatic N) is 1. The summed E-state index contributed by atoms with van der Waals surface area (Å²) >= 11 is 0. The average molecular weight is 209 g/mol. The van der Waals surface area contributed by atoms with Gasteiger partial charge in [-0.05, 0) is 33.1 Å². The fourth-order valence-electron chi connectivity index (χ4n) is 3.28. The van der Waals surface area contributed by atoms with Gasteiger partial charge in [-0.1, -0.05) is 17.6 Å². The van der Waals surface area contributed by atoms with Crippen molar-refractivity contribution in [3.05, 3.63) is 21.3 Å². The number of rotatable bonds is 1. The molecule has 0 aromatic heterocycles. The van der Waals surface area contributed by atoms with E-state index in [0.29, 0.717) is 12.3 Å². The second kappa shape index (κ2) is 3.62. The lowest BCUT2D eigenvalue weighted by atomic mass is 9.64. The Bertz CT molecular complexity index is 322. The van der Waals surface area contributed by atoms with Crippen LogP contribution in [0.25, 0.3) is 0 Å². The van der Waals surface area contributed by atoms with E-state index in [9.17, 15) is 10.1 Å². The van der Waals surface area contributed by atoms with Crippen molar-refractivity contribution in [1.29, 1.82) is 0 Å². The molecule has 3 nitrogen and oxygen atoms in total. The van der Waals surface area contributed by atoms with Crippen LogP contribution in [0.3, 0.4) is 0 Å². The summed E-state index contributed by atoms with van der Waals surface area (Å²) in [4.78, 5) is 11.4. The minimum Gasteiger partial charge on any atom is -0.264 e. The van der Waals surface area contributed by atoms with Gasteiger partial charge in [0.15, 0.2) is 0 Å². The first-order valence-electron chi connectivity index (χ1n) is 5.86. The third-order valence-corrected chi connectivity index (χ3v) is 4.39. The summed E-state index contributed by atoms with van der Waals surface area (Å²) in [6, 6.07) is 0. The second-order valence-corrected chi connectivity index (χ2v) is 5.24. The standard InChI is InChI=1S/C12H19NO2/c1-9-7-11-5-3-4-6-12(11,13(14)15)8-10(9)2/h11H,3-8H2,1-2H3/t11-,12-/m1/s1. The van der Waals surface area contributed by atoms with Gasteiger partial charge in [-0.25, -0.2) is 0 Å². The van der Waals surface area contributed by atoms with Crippen molar-refractivity contribution in [3.63, 3.8) is 0 Å². The van der Waals surface area contributed by atoms with E-state index in [0.717, 1.165) is 25.7 Å². The molecule has 3 heteroatoms. The number of nitro groups is 1. The molecule has 2 atom stereocenters. The maximum Gasteiger partial charge on any atom is 0.229 e. The van der Waals surface area contributed by atoms with Gasteiger partial charge in [-0.15, -0.1) is 0 Å². The summed E-state index contributed by atoms with van der Waals surface area (Å²) in [6.45, 7) is 4.19. The van der Waals surface area contributed by atoms with Gasteiger partial charge in [0, 0.05) is 23.7 Å². The zero-order valence-corrected chi connectivity index (χ0v) is 9.58. The SMILES string of the molecule is CC1=C(C)C[C@]2([N+](=O)[O-])CCCC[C@@H]2C1. The van der Waals surface area contributed by atoms with E-state index in [1.807, 2.05) is 0 Å². The Morgan fingerprint density at radius 2 is 2.07 bits per heavy atom. The first-order valence-corrected chi connectivity index (χ1v) is 5.86. The van der Waals surface area contributed by atoms with Gasteiger partial charge in [0.2, 0.25) is 5.54 Å². The predicted octanol–water partition coefficient (Wildman–Crippen LogP) is 3.32. The fourth-order valence-corrected chi connectivity index (χ4v) is 3.28. The highest BCUT2D eigenvalue weighted by molar-refractivity contribution is 5.20. The molecule has 0 heterocycles. The Morgan fingerprint density at radius 3 is 2.73 bits per heavy atom. The maximum absolute atomic E-state index is 11.3. The summed E-state index contributed by atoms with van der Waals surface area (Å²) in [5, 5.41) is 11.3. The van der Waals surface area contributed by atoms with E-state index in [2.05, 4.69) is 13.8 Å². The van der Waals surface area contributed by atoms with E-state index in [4.69, 9.17) is 0 Å². The van der Waals surface area contributed by atoms with Crippen LogP contribution in [0.1, 0.15) is 52.4 Å². The van der Waals surface area contributed by atoms with Crippen LogP contribution in [-0.4, -0.2) is 10.5 Å². The molecule has 2 rings (SSSR count). The molecule has 0 N–H and O–H groups in total. The largest absolute Gasteiger partial charge is 0.264 e. The molecule has 0 aromatic carbocycles. The molecule has 2 aliphatic carbocycles.